The third-order valence-corrected chi connectivity index (χ3v) is 3.05. The summed E-state index contributed by atoms with van der Waals surface area (Å²) in [5, 5.41) is 2.98. The molecule has 2 fully saturated rings. The van der Waals surface area contributed by atoms with Gasteiger partial charge in [0.2, 0.25) is 5.91 Å². The summed E-state index contributed by atoms with van der Waals surface area (Å²) in [5.41, 5.74) is 0. The van der Waals surface area contributed by atoms with Crippen molar-refractivity contribution in [1.29, 1.82) is 0 Å². The van der Waals surface area contributed by atoms with E-state index < -0.39 is 0 Å². The van der Waals surface area contributed by atoms with E-state index in [-0.39, 0.29) is 0 Å². The van der Waals surface area contributed by atoms with Gasteiger partial charge in [0.25, 0.3) is 0 Å². The van der Waals surface area contributed by atoms with Crippen LogP contribution in [0.5, 0.6) is 0 Å². The van der Waals surface area contributed by atoms with Crippen molar-refractivity contribution in [3.8, 4) is 0 Å². The van der Waals surface area contributed by atoms with Gasteiger partial charge in [0, 0.05) is 12.5 Å². The molecule has 0 aromatic carbocycles. The molecule has 2 atom stereocenters. The number of carbonyl (C=O) groups excluding carboxylic acids is 1. The standard InChI is InChI=1S/C9H15NO/c11-9-8-5-1-3-7(8)4-2-6-10-9/h7-8H,1-6H2,(H,10,11)/t7-,8-/m1/s1. The van der Waals surface area contributed by atoms with Crippen LogP contribution < -0.4 is 5.32 Å². The van der Waals surface area contributed by atoms with Crippen LogP contribution in [-0.2, 0) is 4.79 Å². The lowest BCUT2D eigenvalue weighted by Gasteiger charge is -2.12. The fraction of sp³-hybridized carbons (Fsp3) is 0.889. The van der Waals surface area contributed by atoms with Crippen molar-refractivity contribution in [2.24, 2.45) is 11.8 Å². The highest BCUT2D eigenvalue weighted by Crippen LogP contribution is 2.35. The van der Waals surface area contributed by atoms with Crippen LogP contribution in [0.1, 0.15) is 32.1 Å². The van der Waals surface area contributed by atoms with Crippen LogP contribution in [0.2, 0.25) is 0 Å². The van der Waals surface area contributed by atoms with Crippen molar-refractivity contribution in [3.05, 3.63) is 0 Å². The Hall–Kier alpha value is -0.530. The number of hydrogen-bond donors (Lipinski definition) is 1. The van der Waals surface area contributed by atoms with Gasteiger partial charge in [0.15, 0.2) is 0 Å². The lowest BCUT2D eigenvalue weighted by Crippen LogP contribution is -2.29. The molecule has 1 heterocycles. The number of carbonyl (C=O) groups is 1. The van der Waals surface area contributed by atoms with Gasteiger partial charge >= 0.3 is 0 Å². The second-order valence-corrected chi connectivity index (χ2v) is 3.73. The van der Waals surface area contributed by atoms with E-state index in [4.69, 9.17) is 0 Å². The molecule has 1 saturated carbocycles. The van der Waals surface area contributed by atoms with Crippen molar-refractivity contribution in [3.63, 3.8) is 0 Å². The maximum Gasteiger partial charge on any atom is 0.223 e. The fourth-order valence-corrected chi connectivity index (χ4v) is 2.43. The van der Waals surface area contributed by atoms with Crippen LogP contribution in [0, 0.1) is 11.8 Å². The van der Waals surface area contributed by atoms with Crippen molar-refractivity contribution < 1.29 is 4.79 Å². The minimum absolute atomic E-state index is 0.324. The van der Waals surface area contributed by atoms with E-state index in [1.165, 1.54) is 25.7 Å². The Labute approximate surface area is 67.4 Å². The van der Waals surface area contributed by atoms with Crippen molar-refractivity contribution in [2.45, 2.75) is 32.1 Å². The minimum Gasteiger partial charge on any atom is -0.356 e. The largest absolute Gasteiger partial charge is 0.356 e. The van der Waals surface area contributed by atoms with Gasteiger partial charge < -0.3 is 5.32 Å². The molecular formula is C9H15NO. The number of fused-ring (bicyclic) bond motifs is 1. The van der Waals surface area contributed by atoms with Gasteiger partial charge in [-0.15, -0.1) is 0 Å². The quantitative estimate of drug-likeness (QED) is 0.558. The molecule has 2 nitrogen and oxygen atoms in total. The monoisotopic (exact) mass is 153 g/mol. The Morgan fingerprint density at radius 3 is 2.91 bits per heavy atom. The summed E-state index contributed by atoms with van der Waals surface area (Å²) >= 11 is 0. The van der Waals surface area contributed by atoms with E-state index in [1.807, 2.05) is 0 Å². The topological polar surface area (TPSA) is 29.1 Å². The van der Waals surface area contributed by atoms with Crippen molar-refractivity contribution in [1.82, 2.24) is 5.32 Å². The highest BCUT2D eigenvalue weighted by atomic mass is 16.1. The number of nitrogens with one attached hydrogen (secondary N) is 1. The zero-order valence-electron chi connectivity index (χ0n) is 6.81. The summed E-state index contributed by atoms with van der Waals surface area (Å²) in [4.78, 5) is 11.4. The van der Waals surface area contributed by atoms with E-state index >= 15 is 0 Å². The Kier molecular flexibility index (Phi) is 1.84. The van der Waals surface area contributed by atoms with Crippen LogP contribution in [0.25, 0.3) is 0 Å². The van der Waals surface area contributed by atoms with E-state index in [0.29, 0.717) is 11.8 Å². The molecule has 0 bridgehead atoms. The fourth-order valence-electron chi connectivity index (χ4n) is 2.43. The van der Waals surface area contributed by atoms with Gasteiger partial charge in [-0.3, -0.25) is 4.79 Å². The molecule has 0 spiro atoms. The third-order valence-electron chi connectivity index (χ3n) is 3.05. The van der Waals surface area contributed by atoms with E-state index in [9.17, 15) is 4.79 Å². The zero-order valence-corrected chi connectivity index (χ0v) is 6.81. The molecule has 2 rings (SSSR count). The van der Waals surface area contributed by atoms with Crippen LogP contribution in [0.4, 0.5) is 0 Å². The second-order valence-electron chi connectivity index (χ2n) is 3.73. The average molecular weight is 153 g/mol. The molecule has 2 aliphatic rings. The highest BCUT2D eigenvalue weighted by Gasteiger charge is 2.33. The van der Waals surface area contributed by atoms with Crippen LogP contribution in [0.15, 0.2) is 0 Å². The summed E-state index contributed by atoms with van der Waals surface area (Å²) in [6.07, 6.45) is 6.15. The van der Waals surface area contributed by atoms with Crippen molar-refractivity contribution >= 4 is 5.91 Å². The molecule has 2 heteroatoms. The SMILES string of the molecule is O=C1NCCC[C@H]2CCC[C@@H]12. The van der Waals surface area contributed by atoms with E-state index in [2.05, 4.69) is 5.32 Å². The van der Waals surface area contributed by atoms with Gasteiger partial charge in [-0.05, 0) is 31.6 Å². The van der Waals surface area contributed by atoms with E-state index in [0.717, 1.165) is 18.9 Å². The van der Waals surface area contributed by atoms with Gasteiger partial charge in [-0.25, -0.2) is 0 Å². The van der Waals surface area contributed by atoms with Crippen LogP contribution in [-0.4, -0.2) is 12.5 Å². The molecule has 62 valence electrons. The van der Waals surface area contributed by atoms with Crippen LogP contribution in [0.3, 0.4) is 0 Å². The van der Waals surface area contributed by atoms with Crippen LogP contribution >= 0.6 is 0 Å². The van der Waals surface area contributed by atoms with Gasteiger partial charge in [0.05, 0.1) is 0 Å². The number of rotatable bonds is 0. The molecular weight excluding hydrogens is 138 g/mol. The minimum atomic E-state index is 0.324. The highest BCUT2D eigenvalue weighted by molar-refractivity contribution is 5.79. The molecule has 1 amide bonds. The molecule has 1 saturated heterocycles. The average Bonchev–Trinajstić information content (AvgIpc) is 2.40. The first kappa shape index (κ1) is 7.14. The summed E-state index contributed by atoms with van der Waals surface area (Å²) in [6, 6.07) is 0. The first-order chi connectivity index (χ1) is 5.38. The first-order valence-corrected chi connectivity index (χ1v) is 4.65. The maximum absolute atomic E-state index is 11.4. The normalized spacial score (nSPS) is 37.6. The molecule has 1 aliphatic heterocycles. The lowest BCUT2D eigenvalue weighted by molar-refractivity contribution is -0.125. The number of amides is 1. The summed E-state index contributed by atoms with van der Waals surface area (Å²) in [5.74, 6) is 1.42. The molecule has 0 aromatic heterocycles. The summed E-state index contributed by atoms with van der Waals surface area (Å²) in [6.45, 7) is 0.909. The van der Waals surface area contributed by atoms with Gasteiger partial charge in [-0.1, -0.05) is 6.42 Å². The number of hydrogen-bond acceptors (Lipinski definition) is 1. The molecule has 11 heavy (non-hydrogen) atoms. The molecule has 1 aliphatic carbocycles. The lowest BCUT2D eigenvalue weighted by atomic mass is 9.93. The Morgan fingerprint density at radius 1 is 1.18 bits per heavy atom. The Balaban J connectivity index is 2.09. The van der Waals surface area contributed by atoms with E-state index in [1.54, 1.807) is 0 Å². The smallest absolute Gasteiger partial charge is 0.223 e. The Bertz CT molecular complexity index is 167. The third kappa shape index (κ3) is 1.26. The molecule has 0 unspecified atom stereocenters. The Morgan fingerprint density at radius 2 is 2.00 bits per heavy atom. The zero-order chi connectivity index (χ0) is 7.68. The van der Waals surface area contributed by atoms with Gasteiger partial charge in [-0.2, -0.15) is 0 Å². The predicted octanol–water partition coefficient (Wildman–Crippen LogP) is 1.31. The van der Waals surface area contributed by atoms with Gasteiger partial charge in [0.1, 0.15) is 0 Å². The van der Waals surface area contributed by atoms with Crippen molar-refractivity contribution in [2.75, 3.05) is 6.54 Å². The molecule has 0 radical (unpaired) electrons. The molecule has 0 aromatic rings. The summed E-state index contributed by atoms with van der Waals surface area (Å²) < 4.78 is 0. The predicted molar refractivity (Wildman–Crippen MR) is 43.1 cm³/mol. The molecule has 1 N–H and O–H groups in total. The first-order valence-electron chi connectivity index (χ1n) is 4.65. The second kappa shape index (κ2) is 2.84. The summed E-state index contributed by atoms with van der Waals surface area (Å²) in [7, 11) is 0. The maximum atomic E-state index is 11.4.